The van der Waals surface area contributed by atoms with Crippen LogP contribution in [0.15, 0.2) is 59.4 Å². The molecule has 9 nitrogen and oxygen atoms in total. The van der Waals surface area contributed by atoms with Gasteiger partial charge in [-0.2, -0.15) is 4.68 Å². The summed E-state index contributed by atoms with van der Waals surface area (Å²) >= 11 is 6.04. The molecule has 2 heterocycles. The third-order valence-electron chi connectivity index (χ3n) is 5.58. The lowest BCUT2D eigenvalue weighted by molar-refractivity contribution is 0.0602. The number of methoxy groups -OCH3 is 1. The minimum Gasteiger partial charge on any atom is -0.465 e. The second-order valence-corrected chi connectivity index (χ2v) is 8.30. The zero-order valence-corrected chi connectivity index (χ0v) is 19.6. The molecule has 0 unspecified atom stereocenters. The van der Waals surface area contributed by atoms with Crippen molar-refractivity contribution in [3.63, 3.8) is 0 Å². The molecule has 34 heavy (non-hydrogen) atoms. The number of halogens is 1. The van der Waals surface area contributed by atoms with Crippen LogP contribution in [0.5, 0.6) is 0 Å². The molecule has 0 bridgehead atoms. The van der Waals surface area contributed by atoms with Gasteiger partial charge >= 0.3 is 12.0 Å². The van der Waals surface area contributed by atoms with E-state index in [1.54, 1.807) is 17.0 Å². The van der Waals surface area contributed by atoms with Gasteiger partial charge in [0, 0.05) is 37.3 Å². The van der Waals surface area contributed by atoms with Gasteiger partial charge in [0.05, 0.1) is 24.0 Å². The lowest BCUT2D eigenvalue weighted by Gasteiger charge is -2.35. The molecule has 0 aliphatic carbocycles. The number of urea groups is 1. The molecule has 10 heteroatoms. The van der Waals surface area contributed by atoms with E-state index in [0.29, 0.717) is 48.4 Å². The molecule has 2 amide bonds. The van der Waals surface area contributed by atoms with Gasteiger partial charge in [0.25, 0.3) is 5.56 Å². The molecule has 0 spiro atoms. The summed E-state index contributed by atoms with van der Waals surface area (Å²) in [6.45, 7) is 3.92. The molecular weight excluding hydrogens is 458 g/mol. The van der Waals surface area contributed by atoms with E-state index in [4.69, 9.17) is 16.3 Å². The molecule has 2 aromatic carbocycles. The number of rotatable bonds is 4. The van der Waals surface area contributed by atoms with Crippen LogP contribution in [0.25, 0.3) is 5.69 Å². The number of ether oxygens (including phenoxy) is 1. The van der Waals surface area contributed by atoms with E-state index >= 15 is 0 Å². The third-order valence-corrected chi connectivity index (χ3v) is 5.82. The van der Waals surface area contributed by atoms with Gasteiger partial charge in [-0.15, -0.1) is 5.10 Å². The molecule has 176 valence electrons. The van der Waals surface area contributed by atoms with Crippen LogP contribution < -0.4 is 15.8 Å². The van der Waals surface area contributed by atoms with Crippen LogP contribution in [-0.2, 0) is 4.74 Å². The quantitative estimate of drug-likeness (QED) is 0.574. The summed E-state index contributed by atoms with van der Waals surface area (Å²) in [4.78, 5) is 40.9. The maximum Gasteiger partial charge on any atom is 0.339 e. The van der Waals surface area contributed by atoms with Gasteiger partial charge in [-0.05, 0) is 43.3 Å². The van der Waals surface area contributed by atoms with Crippen molar-refractivity contribution in [1.82, 2.24) is 14.7 Å². The molecule has 1 saturated heterocycles. The maximum atomic E-state index is 12.8. The van der Waals surface area contributed by atoms with Crippen molar-refractivity contribution >= 4 is 35.1 Å². The number of carbonyl (C=O) groups is 2. The first-order valence-electron chi connectivity index (χ1n) is 10.7. The number of aryl methyl sites for hydroxylation is 1. The fourth-order valence-corrected chi connectivity index (χ4v) is 3.85. The lowest BCUT2D eigenvalue weighted by Crippen LogP contribution is -2.50. The number of hydrogen-bond donors (Lipinski definition) is 1. The lowest BCUT2D eigenvalue weighted by atomic mass is 10.2. The number of aromatic nitrogens is 2. The number of hydrogen-bond acceptors (Lipinski definition) is 6. The Balaban J connectivity index is 1.44. The molecule has 4 rings (SSSR count). The van der Waals surface area contributed by atoms with Crippen molar-refractivity contribution in [3.05, 3.63) is 81.1 Å². The van der Waals surface area contributed by atoms with Gasteiger partial charge in [0.1, 0.15) is 5.82 Å². The van der Waals surface area contributed by atoms with E-state index in [1.807, 2.05) is 36.1 Å². The number of nitrogens with zero attached hydrogens (tertiary/aromatic N) is 4. The second-order valence-electron chi connectivity index (χ2n) is 7.86. The van der Waals surface area contributed by atoms with Crippen LogP contribution in [0.1, 0.15) is 15.9 Å². The Morgan fingerprint density at radius 3 is 2.38 bits per heavy atom. The molecule has 1 aliphatic rings. The molecule has 1 N–H and O–H groups in total. The van der Waals surface area contributed by atoms with E-state index in [2.05, 4.69) is 10.4 Å². The van der Waals surface area contributed by atoms with Crippen molar-refractivity contribution < 1.29 is 14.3 Å². The van der Waals surface area contributed by atoms with Crippen LogP contribution in [0.3, 0.4) is 0 Å². The highest BCUT2D eigenvalue weighted by Gasteiger charge is 2.24. The van der Waals surface area contributed by atoms with Gasteiger partial charge in [-0.3, -0.25) is 4.79 Å². The first-order valence-corrected chi connectivity index (χ1v) is 11.1. The highest BCUT2D eigenvalue weighted by atomic mass is 35.5. The van der Waals surface area contributed by atoms with Crippen molar-refractivity contribution in [2.75, 3.05) is 43.5 Å². The minimum absolute atomic E-state index is 0.214. The van der Waals surface area contributed by atoms with E-state index in [9.17, 15) is 14.4 Å². The predicted molar refractivity (Wildman–Crippen MR) is 130 cm³/mol. The minimum atomic E-state index is -0.563. The van der Waals surface area contributed by atoms with Gasteiger partial charge in [-0.25, -0.2) is 9.59 Å². The van der Waals surface area contributed by atoms with Crippen molar-refractivity contribution in [3.8, 4) is 5.69 Å². The monoisotopic (exact) mass is 481 g/mol. The number of nitrogens with one attached hydrogen (secondary N) is 1. The summed E-state index contributed by atoms with van der Waals surface area (Å²) in [6, 6.07) is 15.0. The second kappa shape index (κ2) is 9.96. The topological polar surface area (TPSA) is 96.8 Å². The first-order chi connectivity index (χ1) is 16.4. The first kappa shape index (κ1) is 23.3. The Bertz CT molecular complexity index is 1270. The number of esters is 1. The zero-order chi connectivity index (χ0) is 24.2. The largest absolute Gasteiger partial charge is 0.465 e. The molecule has 0 atom stereocenters. The van der Waals surface area contributed by atoms with E-state index in [-0.39, 0.29) is 17.2 Å². The third kappa shape index (κ3) is 5.04. The van der Waals surface area contributed by atoms with Crippen molar-refractivity contribution in [1.29, 1.82) is 0 Å². The smallest absolute Gasteiger partial charge is 0.339 e. The Labute approximate surface area is 201 Å². The molecule has 0 saturated carbocycles. The number of piperazine rings is 1. The summed E-state index contributed by atoms with van der Waals surface area (Å²) in [5.41, 5.74) is 2.09. The van der Waals surface area contributed by atoms with Crippen LogP contribution in [0.4, 0.5) is 16.3 Å². The molecule has 1 fully saturated rings. The average molecular weight is 482 g/mol. The van der Waals surface area contributed by atoms with Gasteiger partial charge in [0.2, 0.25) is 0 Å². The van der Waals surface area contributed by atoms with Crippen LogP contribution in [-0.4, -0.2) is 60.0 Å². The summed E-state index contributed by atoms with van der Waals surface area (Å²) in [5, 5.41) is 7.68. The number of carbonyl (C=O) groups excluding carboxylic acids is 2. The fraction of sp³-hybridized carbons (Fsp3) is 0.250. The summed E-state index contributed by atoms with van der Waals surface area (Å²) in [6.07, 6.45) is 0. The van der Waals surface area contributed by atoms with Crippen molar-refractivity contribution in [2.24, 2.45) is 0 Å². The van der Waals surface area contributed by atoms with E-state index < -0.39 is 5.97 Å². The normalized spacial score (nSPS) is 13.5. The summed E-state index contributed by atoms with van der Waals surface area (Å²) in [5.74, 6) is 0.0922. The van der Waals surface area contributed by atoms with Crippen LogP contribution >= 0.6 is 11.6 Å². The van der Waals surface area contributed by atoms with Crippen molar-refractivity contribution in [2.45, 2.75) is 6.92 Å². The van der Waals surface area contributed by atoms with Crippen LogP contribution in [0.2, 0.25) is 5.02 Å². The van der Waals surface area contributed by atoms with Gasteiger partial charge in [-0.1, -0.05) is 29.3 Å². The van der Waals surface area contributed by atoms with Gasteiger partial charge in [0.15, 0.2) is 0 Å². The maximum absolute atomic E-state index is 12.8. The van der Waals surface area contributed by atoms with Crippen LogP contribution in [0, 0.1) is 6.92 Å². The molecule has 3 aromatic rings. The summed E-state index contributed by atoms with van der Waals surface area (Å²) < 4.78 is 6.15. The predicted octanol–water partition coefficient (Wildman–Crippen LogP) is 3.34. The Kier molecular flexibility index (Phi) is 6.83. The zero-order valence-electron chi connectivity index (χ0n) is 18.8. The highest BCUT2D eigenvalue weighted by Crippen LogP contribution is 2.23. The number of anilines is 2. The standard InChI is InChI=1S/C24H24ClN5O4/c1-16-3-6-18(7-4-16)30-22(31)10-9-21(27-30)28-11-13-29(14-12-28)24(33)26-20-15-17(25)5-8-19(20)23(32)34-2/h3-10,15H,11-14H2,1-2H3,(H,26,33). The fourth-order valence-electron chi connectivity index (χ4n) is 3.68. The molecule has 1 aliphatic heterocycles. The summed E-state index contributed by atoms with van der Waals surface area (Å²) in [7, 11) is 1.28. The van der Waals surface area contributed by atoms with Gasteiger partial charge < -0.3 is 19.9 Å². The average Bonchev–Trinajstić information content (AvgIpc) is 2.85. The Morgan fingerprint density at radius 2 is 1.71 bits per heavy atom. The Morgan fingerprint density at radius 1 is 1.00 bits per heavy atom. The van der Waals surface area contributed by atoms with E-state index in [0.717, 1.165) is 5.56 Å². The number of amides is 2. The molecule has 1 aromatic heterocycles. The van der Waals surface area contributed by atoms with E-state index in [1.165, 1.54) is 30.0 Å². The Hall–Kier alpha value is -3.85. The molecular formula is C24H24ClN5O4. The SMILES string of the molecule is COC(=O)c1ccc(Cl)cc1NC(=O)N1CCN(c2ccc(=O)n(-c3ccc(C)cc3)n2)CC1. The highest BCUT2D eigenvalue weighted by molar-refractivity contribution is 6.31. The molecule has 0 radical (unpaired) electrons. The number of benzene rings is 2.